The van der Waals surface area contributed by atoms with Crippen LogP contribution < -0.4 is 5.69 Å². The van der Waals surface area contributed by atoms with Gasteiger partial charge in [0.2, 0.25) is 0 Å². The molecule has 3 rings (SSSR count). The highest BCUT2D eigenvalue weighted by Gasteiger charge is 2.32. The van der Waals surface area contributed by atoms with E-state index in [2.05, 4.69) is 9.97 Å². The number of rotatable bonds is 1. The summed E-state index contributed by atoms with van der Waals surface area (Å²) in [7, 11) is 0. The number of carbonyl (C=O) groups is 1. The molecule has 2 aromatic rings. The van der Waals surface area contributed by atoms with Gasteiger partial charge >= 0.3 is 5.69 Å². The lowest BCUT2D eigenvalue weighted by Crippen LogP contribution is -2.18. The molecule has 96 valence electrons. The number of halogens is 1. The fraction of sp³-hybridized carbons (Fsp3) is 0.214. The zero-order valence-electron chi connectivity index (χ0n) is 10.5. The van der Waals surface area contributed by atoms with Crippen LogP contribution in [0.15, 0.2) is 23.0 Å². The molecule has 1 aliphatic carbocycles. The minimum atomic E-state index is -0.493. The Morgan fingerprint density at radius 2 is 1.95 bits per heavy atom. The van der Waals surface area contributed by atoms with Gasteiger partial charge in [-0.1, -0.05) is 13.8 Å². The molecule has 0 aliphatic heterocycles. The molecular formula is C14H11FN2O2. The number of fused-ring (bicyclic) bond motifs is 3. The number of ketones is 1. The third-order valence-electron chi connectivity index (χ3n) is 3.25. The van der Waals surface area contributed by atoms with Crippen molar-refractivity contribution in [3.63, 3.8) is 0 Å². The highest BCUT2D eigenvalue weighted by Crippen LogP contribution is 2.37. The van der Waals surface area contributed by atoms with E-state index in [1.807, 2.05) is 13.8 Å². The van der Waals surface area contributed by atoms with E-state index in [4.69, 9.17) is 0 Å². The van der Waals surface area contributed by atoms with Gasteiger partial charge in [-0.2, -0.15) is 4.98 Å². The van der Waals surface area contributed by atoms with Gasteiger partial charge in [0.25, 0.3) is 0 Å². The lowest BCUT2D eigenvalue weighted by atomic mass is 10.0. The summed E-state index contributed by atoms with van der Waals surface area (Å²) in [6, 6.07) is 3.94. The standard InChI is InChI=1S/C14H11FN2O2/c1-6(2)11-10-12(17-14(19)16-11)8-4-3-7(15)5-9(8)13(10)18/h3-6H,1-2H3,(H,16,17,19). The Hall–Kier alpha value is -2.30. The van der Waals surface area contributed by atoms with Crippen LogP contribution in [0.3, 0.4) is 0 Å². The Labute approximate surface area is 108 Å². The van der Waals surface area contributed by atoms with Gasteiger partial charge < -0.3 is 4.98 Å². The normalized spacial score (nSPS) is 12.7. The van der Waals surface area contributed by atoms with E-state index in [1.54, 1.807) is 0 Å². The lowest BCUT2D eigenvalue weighted by molar-refractivity contribution is 0.104. The van der Waals surface area contributed by atoms with E-state index in [1.165, 1.54) is 18.2 Å². The number of carbonyl (C=O) groups excluding carboxylic acids is 1. The minimum absolute atomic E-state index is 0.0208. The van der Waals surface area contributed by atoms with E-state index >= 15 is 0 Å². The van der Waals surface area contributed by atoms with Crippen molar-refractivity contribution < 1.29 is 9.18 Å². The van der Waals surface area contributed by atoms with Gasteiger partial charge in [-0.25, -0.2) is 9.18 Å². The van der Waals surface area contributed by atoms with Crippen molar-refractivity contribution in [2.45, 2.75) is 19.8 Å². The minimum Gasteiger partial charge on any atom is -0.309 e. The highest BCUT2D eigenvalue weighted by molar-refractivity contribution is 6.21. The van der Waals surface area contributed by atoms with Crippen molar-refractivity contribution in [3.05, 3.63) is 51.3 Å². The number of H-pyrrole nitrogens is 1. The summed E-state index contributed by atoms with van der Waals surface area (Å²) in [5.74, 6) is -0.776. The molecule has 0 bridgehead atoms. The van der Waals surface area contributed by atoms with Gasteiger partial charge in [0.05, 0.1) is 11.3 Å². The van der Waals surface area contributed by atoms with Crippen LogP contribution in [-0.2, 0) is 0 Å². The number of aromatic amines is 1. The maximum Gasteiger partial charge on any atom is 0.345 e. The fourth-order valence-electron chi connectivity index (χ4n) is 2.39. The highest BCUT2D eigenvalue weighted by atomic mass is 19.1. The predicted molar refractivity (Wildman–Crippen MR) is 67.8 cm³/mol. The molecule has 0 saturated carbocycles. The molecule has 1 N–H and O–H groups in total. The Kier molecular flexibility index (Phi) is 2.38. The molecule has 0 saturated heterocycles. The van der Waals surface area contributed by atoms with Crippen LogP contribution in [0.25, 0.3) is 11.3 Å². The molecule has 0 fully saturated rings. The molecule has 1 heterocycles. The number of nitrogens with zero attached hydrogens (tertiary/aromatic N) is 1. The zero-order valence-corrected chi connectivity index (χ0v) is 10.5. The summed E-state index contributed by atoms with van der Waals surface area (Å²) in [6.45, 7) is 3.75. The van der Waals surface area contributed by atoms with Crippen molar-refractivity contribution in [1.82, 2.24) is 9.97 Å². The van der Waals surface area contributed by atoms with Gasteiger partial charge in [-0.05, 0) is 24.1 Å². The van der Waals surface area contributed by atoms with Crippen molar-refractivity contribution >= 4 is 5.78 Å². The van der Waals surface area contributed by atoms with Crippen LogP contribution >= 0.6 is 0 Å². The molecular weight excluding hydrogens is 247 g/mol. The third-order valence-corrected chi connectivity index (χ3v) is 3.25. The average molecular weight is 258 g/mol. The molecule has 5 heteroatoms. The first kappa shape index (κ1) is 11.8. The van der Waals surface area contributed by atoms with E-state index in [0.717, 1.165) is 0 Å². The second kappa shape index (κ2) is 3.85. The van der Waals surface area contributed by atoms with Crippen LogP contribution in [0.1, 0.15) is 41.4 Å². The maximum atomic E-state index is 13.3. The average Bonchev–Trinajstić information content (AvgIpc) is 2.62. The number of benzene rings is 1. The monoisotopic (exact) mass is 258 g/mol. The summed E-state index contributed by atoms with van der Waals surface area (Å²) in [5.41, 5.74) is 1.59. The van der Waals surface area contributed by atoms with Gasteiger partial charge in [0.1, 0.15) is 5.82 Å². The van der Waals surface area contributed by atoms with E-state index < -0.39 is 11.5 Å². The first-order chi connectivity index (χ1) is 8.99. The molecule has 1 aromatic carbocycles. The molecule has 0 spiro atoms. The molecule has 4 nitrogen and oxygen atoms in total. The van der Waals surface area contributed by atoms with Crippen LogP contribution in [0.2, 0.25) is 0 Å². The lowest BCUT2D eigenvalue weighted by Gasteiger charge is -2.09. The summed E-state index contributed by atoms with van der Waals surface area (Å²) in [6.07, 6.45) is 0. The van der Waals surface area contributed by atoms with Crippen molar-refractivity contribution in [2.24, 2.45) is 0 Å². The van der Waals surface area contributed by atoms with Gasteiger partial charge in [0.15, 0.2) is 5.78 Å². The molecule has 0 radical (unpaired) electrons. The van der Waals surface area contributed by atoms with Crippen LogP contribution in [0.4, 0.5) is 4.39 Å². The second-order valence-corrected chi connectivity index (χ2v) is 4.85. The van der Waals surface area contributed by atoms with Gasteiger partial charge in [0, 0.05) is 16.8 Å². The van der Waals surface area contributed by atoms with Crippen LogP contribution in [-0.4, -0.2) is 15.8 Å². The Balaban J connectivity index is 2.39. The number of hydrogen-bond donors (Lipinski definition) is 1. The van der Waals surface area contributed by atoms with Crippen molar-refractivity contribution in [2.75, 3.05) is 0 Å². The number of hydrogen-bond acceptors (Lipinski definition) is 3. The van der Waals surface area contributed by atoms with Crippen molar-refractivity contribution in [3.8, 4) is 11.3 Å². The Bertz CT molecular complexity index is 763. The van der Waals surface area contributed by atoms with E-state index in [9.17, 15) is 14.0 Å². The topological polar surface area (TPSA) is 62.8 Å². The van der Waals surface area contributed by atoms with Gasteiger partial charge in [-0.3, -0.25) is 4.79 Å². The third kappa shape index (κ3) is 1.62. The second-order valence-electron chi connectivity index (χ2n) is 4.85. The summed E-state index contributed by atoms with van der Waals surface area (Å²) in [5, 5.41) is 0. The Morgan fingerprint density at radius 3 is 2.63 bits per heavy atom. The zero-order chi connectivity index (χ0) is 13.7. The maximum absolute atomic E-state index is 13.3. The first-order valence-electron chi connectivity index (χ1n) is 5.98. The van der Waals surface area contributed by atoms with Crippen LogP contribution in [0, 0.1) is 5.82 Å². The van der Waals surface area contributed by atoms with E-state index in [-0.39, 0.29) is 17.3 Å². The number of aromatic nitrogens is 2. The summed E-state index contributed by atoms with van der Waals surface area (Å²) < 4.78 is 13.3. The SMILES string of the molecule is CC(C)c1[nH]c(=O)nc2c1C(=O)c1cc(F)ccc1-2. The predicted octanol–water partition coefficient (Wildman–Crippen LogP) is 2.24. The fourth-order valence-corrected chi connectivity index (χ4v) is 2.39. The first-order valence-corrected chi connectivity index (χ1v) is 5.98. The number of nitrogens with one attached hydrogen (secondary N) is 1. The van der Waals surface area contributed by atoms with Crippen LogP contribution in [0.5, 0.6) is 0 Å². The van der Waals surface area contributed by atoms with Crippen molar-refractivity contribution in [1.29, 1.82) is 0 Å². The summed E-state index contributed by atoms with van der Waals surface area (Å²) in [4.78, 5) is 30.4. The molecule has 0 unspecified atom stereocenters. The molecule has 19 heavy (non-hydrogen) atoms. The quantitative estimate of drug-likeness (QED) is 0.728. The van der Waals surface area contributed by atoms with E-state index in [0.29, 0.717) is 22.5 Å². The molecule has 1 aromatic heterocycles. The Morgan fingerprint density at radius 1 is 1.21 bits per heavy atom. The molecule has 1 aliphatic rings. The smallest absolute Gasteiger partial charge is 0.309 e. The molecule has 0 atom stereocenters. The largest absolute Gasteiger partial charge is 0.345 e. The summed E-state index contributed by atoms with van der Waals surface area (Å²) >= 11 is 0. The van der Waals surface area contributed by atoms with Gasteiger partial charge in [-0.15, -0.1) is 0 Å². The molecule has 0 amide bonds.